The quantitative estimate of drug-likeness (QED) is 0.311. The minimum atomic E-state index is -1.32. The summed E-state index contributed by atoms with van der Waals surface area (Å²) in [6, 6.07) is 5.03. The number of benzene rings is 1. The Hall–Kier alpha value is -2.45. The third kappa shape index (κ3) is 1.60. The molecule has 94 valence electrons. The summed E-state index contributed by atoms with van der Waals surface area (Å²) >= 11 is 0. The molecule has 0 radical (unpaired) electrons. The molecule has 1 aromatic carbocycles. The van der Waals surface area contributed by atoms with E-state index < -0.39 is 23.8 Å². The van der Waals surface area contributed by atoms with Gasteiger partial charge in [0.05, 0.1) is 5.69 Å². The molecule has 0 spiro atoms. The van der Waals surface area contributed by atoms with Gasteiger partial charge in [0.2, 0.25) is 0 Å². The number of anilines is 1. The number of hydrogen-bond acceptors (Lipinski definition) is 5. The lowest BCUT2D eigenvalue weighted by molar-refractivity contribution is -0.135. The van der Waals surface area contributed by atoms with Crippen LogP contribution in [0.15, 0.2) is 24.3 Å². The molecule has 0 bridgehead atoms. The van der Waals surface area contributed by atoms with Gasteiger partial charge in [-0.1, -0.05) is 18.2 Å². The molecule has 0 fully saturated rings. The van der Waals surface area contributed by atoms with E-state index in [2.05, 4.69) is 0 Å². The van der Waals surface area contributed by atoms with Crippen molar-refractivity contribution >= 4 is 23.5 Å². The molecule has 0 saturated carbocycles. The zero-order valence-electron chi connectivity index (χ0n) is 8.95. The fourth-order valence-electron chi connectivity index (χ4n) is 1.89. The van der Waals surface area contributed by atoms with Crippen molar-refractivity contribution in [3.63, 3.8) is 0 Å². The van der Waals surface area contributed by atoms with Crippen molar-refractivity contribution in [2.24, 2.45) is 0 Å². The van der Waals surface area contributed by atoms with Crippen LogP contribution in [-0.2, 0) is 9.59 Å². The largest absolute Gasteiger partial charge is 0.352 e. The van der Waals surface area contributed by atoms with Gasteiger partial charge in [-0.3, -0.25) is 20.0 Å². The normalized spacial score (nSPS) is 17.3. The molecule has 0 aliphatic carbocycles. The summed E-state index contributed by atoms with van der Waals surface area (Å²) in [5, 5.41) is 17.2. The maximum absolute atomic E-state index is 11.9. The standard InChI is InChI=1S/C10H9N3O5/c14-8(11-17)7-5-3-1-2-4-6(5)13(9(7)15)10(16)12-18/h1-4,7,17-18H,(H,11,14)(H,12,16). The second kappa shape index (κ2) is 4.43. The van der Waals surface area contributed by atoms with Crippen molar-refractivity contribution in [1.82, 2.24) is 11.0 Å². The van der Waals surface area contributed by atoms with Crippen LogP contribution < -0.4 is 15.9 Å². The molecule has 2 rings (SSSR count). The summed E-state index contributed by atoms with van der Waals surface area (Å²) in [6.45, 7) is 0. The van der Waals surface area contributed by atoms with E-state index >= 15 is 0 Å². The minimum absolute atomic E-state index is 0.183. The van der Waals surface area contributed by atoms with Crippen molar-refractivity contribution in [2.45, 2.75) is 5.92 Å². The van der Waals surface area contributed by atoms with E-state index in [1.54, 1.807) is 12.1 Å². The van der Waals surface area contributed by atoms with Crippen molar-refractivity contribution in [1.29, 1.82) is 0 Å². The number of imide groups is 1. The highest BCUT2D eigenvalue weighted by Gasteiger charge is 2.44. The second-order valence-electron chi connectivity index (χ2n) is 3.56. The molecule has 8 nitrogen and oxygen atoms in total. The third-order valence-corrected chi connectivity index (χ3v) is 2.63. The number of carbonyl (C=O) groups is 3. The van der Waals surface area contributed by atoms with Crippen LogP contribution in [0, 0.1) is 0 Å². The summed E-state index contributed by atoms with van der Waals surface area (Å²) < 4.78 is 0. The average Bonchev–Trinajstić information content (AvgIpc) is 2.69. The molecule has 1 unspecified atom stereocenters. The summed E-state index contributed by atoms with van der Waals surface area (Å²) in [7, 11) is 0. The van der Waals surface area contributed by atoms with Crippen LogP contribution in [0.1, 0.15) is 11.5 Å². The topological polar surface area (TPSA) is 119 Å². The first-order chi connectivity index (χ1) is 8.61. The lowest BCUT2D eigenvalue weighted by Crippen LogP contribution is -2.43. The molecule has 0 aromatic heterocycles. The zero-order valence-corrected chi connectivity index (χ0v) is 8.95. The third-order valence-electron chi connectivity index (χ3n) is 2.63. The Kier molecular flexibility index (Phi) is 2.96. The number of rotatable bonds is 1. The molecule has 1 aliphatic heterocycles. The number of hydrogen-bond donors (Lipinski definition) is 4. The SMILES string of the molecule is O=C(NO)C1C(=O)N(C(=O)NO)c2ccccc21. The Morgan fingerprint density at radius 2 is 1.83 bits per heavy atom. The van der Waals surface area contributed by atoms with Crippen molar-refractivity contribution in [3.8, 4) is 0 Å². The van der Waals surface area contributed by atoms with E-state index in [1.807, 2.05) is 0 Å². The zero-order chi connectivity index (χ0) is 13.3. The highest BCUT2D eigenvalue weighted by molar-refractivity contribution is 6.26. The fourth-order valence-corrected chi connectivity index (χ4v) is 1.89. The molecule has 4 amide bonds. The number of amides is 4. The van der Waals surface area contributed by atoms with Crippen LogP contribution in [0.2, 0.25) is 0 Å². The first-order valence-corrected chi connectivity index (χ1v) is 4.92. The molecular weight excluding hydrogens is 242 g/mol. The lowest BCUT2D eigenvalue weighted by atomic mass is 10.0. The number of nitrogens with zero attached hydrogens (tertiary/aromatic N) is 1. The molecule has 1 heterocycles. The van der Waals surface area contributed by atoms with Crippen molar-refractivity contribution in [2.75, 3.05) is 4.90 Å². The molecular formula is C10H9N3O5. The predicted octanol–water partition coefficient (Wildman–Crippen LogP) is -0.279. The van der Waals surface area contributed by atoms with Gasteiger partial charge in [0.25, 0.3) is 11.8 Å². The van der Waals surface area contributed by atoms with Crippen molar-refractivity contribution < 1.29 is 24.8 Å². The Morgan fingerprint density at radius 1 is 1.17 bits per heavy atom. The summed E-state index contributed by atoms with van der Waals surface area (Å²) in [6.07, 6.45) is 0. The van der Waals surface area contributed by atoms with Gasteiger partial charge in [0.15, 0.2) is 0 Å². The predicted molar refractivity (Wildman–Crippen MR) is 56.9 cm³/mol. The van der Waals surface area contributed by atoms with E-state index in [9.17, 15) is 14.4 Å². The van der Waals surface area contributed by atoms with E-state index in [0.29, 0.717) is 4.90 Å². The monoisotopic (exact) mass is 251 g/mol. The number of nitrogens with one attached hydrogen (secondary N) is 2. The number of hydroxylamine groups is 2. The van der Waals surface area contributed by atoms with Gasteiger partial charge >= 0.3 is 6.03 Å². The molecule has 1 aromatic rings. The maximum Gasteiger partial charge on any atom is 0.352 e. The molecule has 1 atom stereocenters. The van der Waals surface area contributed by atoms with Crippen LogP contribution in [-0.4, -0.2) is 28.3 Å². The van der Waals surface area contributed by atoms with E-state index in [-0.39, 0.29) is 11.3 Å². The molecule has 18 heavy (non-hydrogen) atoms. The van der Waals surface area contributed by atoms with Gasteiger partial charge < -0.3 is 0 Å². The van der Waals surface area contributed by atoms with Crippen molar-refractivity contribution in [3.05, 3.63) is 29.8 Å². The van der Waals surface area contributed by atoms with Crippen LogP contribution in [0.5, 0.6) is 0 Å². The Balaban J connectivity index is 2.53. The summed E-state index contributed by atoms with van der Waals surface area (Å²) in [5.74, 6) is -3.11. The first-order valence-electron chi connectivity index (χ1n) is 4.92. The van der Waals surface area contributed by atoms with Crippen LogP contribution in [0.25, 0.3) is 0 Å². The fraction of sp³-hybridized carbons (Fsp3) is 0.100. The molecule has 0 saturated heterocycles. The Morgan fingerprint density at radius 3 is 2.44 bits per heavy atom. The van der Waals surface area contributed by atoms with E-state index in [4.69, 9.17) is 10.4 Å². The maximum atomic E-state index is 11.9. The van der Waals surface area contributed by atoms with Gasteiger partial charge in [0, 0.05) is 0 Å². The molecule has 4 N–H and O–H groups in total. The van der Waals surface area contributed by atoms with Gasteiger partial charge in [-0.05, 0) is 11.6 Å². The highest BCUT2D eigenvalue weighted by atomic mass is 16.5. The molecule has 8 heteroatoms. The molecule has 1 aliphatic rings. The summed E-state index contributed by atoms with van der Waals surface area (Å²) in [4.78, 5) is 35.4. The minimum Gasteiger partial charge on any atom is -0.289 e. The highest BCUT2D eigenvalue weighted by Crippen LogP contribution is 2.37. The smallest absolute Gasteiger partial charge is 0.289 e. The number of carbonyl (C=O) groups excluding carboxylic acids is 3. The van der Waals surface area contributed by atoms with Gasteiger partial charge in [-0.25, -0.2) is 20.7 Å². The Bertz CT molecular complexity index is 485. The van der Waals surface area contributed by atoms with Gasteiger partial charge in [0.1, 0.15) is 5.92 Å². The van der Waals surface area contributed by atoms with Crippen LogP contribution >= 0.6 is 0 Å². The van der Waals surface area contributed by atoms with Gasteiger partial charge in [-0.2, -0.15) is 0 Å². The average molecular weight is 251 g/mol. The van der Waals surface area contributed by atoms with Crippen LogP contribution in [0.3, 0.4) is 0 Å². The number of fused-ring (bicyclic) bond motifs is 1. The van der Waals surface area contributed by atoms with Crippen LogP contribution in [0.4, 0.5) is 10.5 Å². The van der Waals surface area contributed by atoms with Gasteiger partial charge in [-0.15, -0.1) is 0 Å². The number of urea groups is 1. The van der Waals surface area contributed by atoms with E-state index in [0.717, 1.165) is 0 Å². The Labute approximate surface area is 101 Å². The number of para-hydroxylation sites is 1. The first kappa shape index (κ1) is 12.0. The summed E-state index contributed by atoms with van der Waals surface area (Å²) in [5.41, 5.74) is 3.16. The van der Waals surface area contributed by atoms with E-state index in [1.165, 1.54) is 23.1 Å². The second-order valence-corrected chi connectivity index (χ2v) is 3.56. The lowest BCUT2D eigenvalue weighted by Gasteiger charge is -2.13.